The van der Waals surface area contributed by atoms with Crippen molar-refractivity contribution in [3.63, 3.8) is 0 Å². The molecule has 2 amide bonds. The van der Waals surface area contributed by atoms with Crippen LogP contribution < -0.4 is 10.6 Å². The number of amides is 2. The van der Waals surface area contributed by atoms with E-state index in [2.05, 4.69) is 53.8 Å². The summed E-state index contributed by atoms with van der Waals surface area (Å²) in [6.07, 6.45) is 4.46. The Labute approximate surface area is 177 Å². The molecule has 0 bridgehead atoms. The highest BCUT2D eigenvalue weighted by Crippen LogP contribution is 2.18. The first-order valence-corrected chi connectivity index (χ1v) is 10.2. The van der Waals surface area contributed by atoms with E-state index in [0.717, 1.165) is 5.56 Å². The molecule has 1 aromatic heterocycles. The quantitative estimate of drug-likeness (QED) is 0.567. The summed E-state index contributed by atoms with van der Waals surface area (Å²) >= 11 is 0. The van der Waals surface area contributed by atoms with Gasteiger partial charge in [-0.1, -0.05) is 44.2 Å². The van der Waals surface area contributed by atoms with Crippen LogP contribution >= 0.6 is 0 Å². The van der Waals surface area contributed by atoms with Crippen LogP contribution in [0.3, 0.4) is 0 Å². The Morgan fingerprint density at radius 3 is 2.30 bits per heavy atom. The van der Waals surface area contributed by atoms with E-state index in [0.29, 0.717) is 30.1 Å². The molecule has 0 spiro atoms. The average Bonchev–Trinajstić information content (AvgIpc) is 3.27. The van der Waals surface area contributed by atoms with Gasteiger partial charge >= 0.3 is 0 Å². The molecule has 6 nitrogen and oxygen atoms in total. The van der Waals surface area contributed by atoms with Gasteiger partial charge in [-0.2, -0.15) is 5.10 Å². The molecular formula is C24H28N4O2. The number of nitrogens with one attached hydrogen (secondary N) is 2. The molecule has 0 saturated carbocycles. The minimum absolute atomic E-state index is 0.0590. The van der Waals surface area contributed by atoms with E-state index in [4.69, 9.17) is 0 Å². The van der Waals surface area contributed by atoms with Crippen LogP contribution in [0.1, 0.15) is 50.3 Å². The van der Waals surface area contributed by atoms with E-state index in [9.17, 15) is 9.59 Å². The normalized spacial score (nSPS) is 11.9. The molecule has 3 aromatic rings. The fraction of sp³-hybridized carbons (Fsp3) is 0.292. The zero-order valence-corrected chi connectivity index (χ0v) is 17.6. The molecule has 1 atom stereocenters. The van der Waals surface area contributed by atoms with E-state index in [-0.39, 0.29) is 11.8 Å². The zero-order valence-electron chi connectivity index (χ0n) is 17.6. The molecule has 0 fully saturated rings. The first kappa shape index (κ1) is 21.3. The molecule has 156 valence electrons. The third-order valence-corrected chi connectivity index (χ3v) is 5.00. The van der Waals surface area contributed by atoms with Gasteiger partial charge in [0, 0.05) is 30.2 Å². The van der Waals surface area contributed by atoms with Crippen molar-refractivity contribution in [3.05, 3.63) is 78.1 Å². The maximum absolute atomic E-state index is 12.4. The van der Waals surface area contributed by atoms with Crippen molar-refractivity contribution in [2.45, 2.75) is 45.6 Å². The molecule has 0 aliphatic rings. The van der Waals surface area contributed by atoms with Crippen LogP contribution in [0.2, 0.25) is 0 Å². The molecule has 6 heteroatoms. The highest BCUT2D eigenvalue weighted by Gasteiger charge is 2.15. The van der Waals surface area contributed by atoms with Gasteiger partial charge in [0.1, 0.15) is 6.04 Å². The largest absolute Gasteiger partial charge is 0.326 e. The van der Waals surface area contributed by atoms with Crippen molar-refractivity contribution in [1.82, 2.24) is 9.78 Å². The Balaban J connectivity index is 1.52. The molecule has 1 heterocycles. The summed E-state index contributed by atoms with van der Waals surface area (Å²) < 4.78 is 1.59. The van der Waals surface area contributed by atoms with Crippen molar-refractivity contribution in [1.29, 1.82) is 0 Å². The van der Waals surface area contributed by atoms with Gasteiger partial charge in [-0.25, -0.2) is 0 Å². The average molecular weight is 405 g/mol. The molecule has 0 aliphatic heterocycles. The van der Waals surface area contributed by atoms with E-state index >= 15 is 0 Å². The maximum atomic E-state index is 12.4. The highest BCUT2D eigenvalue weighted by molar-refractivity contribution is 5.95. The van der Waals surface area contributed by atoms with Gasteiger partial charge in [-0.3, -0.25) is 14.3 Å². The lowest BCUT2D eigenvalue weighted by molar-refractivity contribution is -0.119. The summed E-state index contributed by atoms with van der Waals surface area (Å²) in [6, 6.07) is 16.9. The summed E-state index contributed by atoms with van der Waals surface area (Å²) in [7, 11) is 0. The van der Waals surface area contributed by atoms with Gasteiger partial charge in [0.2, 0.25) is 11.8 Å². The van der Waals surface area contributed by atoms with E-state index in [1.165, 1.54) is 5.56 Å². The fourth-order valence-electron chi connectivity index (χ4n) is 3.10. The highest BCUT2D eigenvalue weighted by atomic mass is 16.2. The van der Waals surface area contributed by atoms with Crippen LogP contribution in [-0.4, -0.2) is 21.6 Å². The first-order valence-electron chi connectivity index (χ1n) is 10.2. The Morgan fingerprint density at radius 2 is 1.67 bits per heavy atom. The second-order valence-corrected chi connectivity index (χ2v) is 7.68. The number of aryl methyl sites for hydroxylation is 1. The topological polar surface area (TPSA) is 76.0 Å². The summed E-state index contributed by atoms with van der Waals surface area (Å²) in [5, 5.41) is 9.86. The molecule has 0 radical (unpaired) electrons. The second-order valence-electron chi connectivity index (χ2n) is 7.68. The van der Waals surface area contributed by atoms with Crippen LogP contribution in [-0.2, 0) is 16.0 Å². The van der Waals surface area contributed by atoms with Crippen LogP contribution in [0, 0.1) is 0 Å². The number of benzene rings is 2. The molecular weight excluding hydrogens is 376 g/mol. The second kappa shape index (κ2) is 9.87. The lowest BCUT2D eigenvalue weighted by Crippen LogP contribution is -2.24. The van der Waals surface area contributed by atoms with Crippen molar-refractivity contribution < 1.29 is 9.59 Å². The number of anilines is 2. The van der Waals surface area contributed by atoms with E-state index in [1.807, 2.05) is 6.07 Å². The lowest BCUT2D eigenvalue weighted by Gasteiger charge is -2.13. The number of hydrogen-bond donors (Lipinski definition) is 2. The minimum atomic E-state index is -0.430. The molecule has 0 unspecified atom stereocenters. The maximum Gasteiger partial charge on any atom is 0.248 e. The fourth-order valence-corrected chi connectivity index (χ4v) is 3.10. The van der Waals surface area contributed by atoms with Crippen molar-refractivity contribution in [2.24, 2.45) is 0 Å². The molecule has 0 aliphatic carbocycles. The zero-order chi connectivity index (χ0) is 21.5. The van der Waals surface area contributed by atoms with Crippen LogP contribution in [0.25, 0.3) is 0 Å². The SMILES string of the molecule is CC(C)c1ccc(CCC(=O)Nc2cccc(NC(=O)[C@H](C)n3cccn3)c2)cc1. The van der Waals surface area contributed by atoms with Crippen molar-refractivity contribution in [3.8, 4) is 0 Å². The number of carbonyl (C=O) groups excluding carboxylic acids is 2. The predicted molar refractivity (Wildman–Crippen MR) is 119 cm³/mol. The third-order valence-electron chi connectivity index (χ3n) is 5.00. The standard InChI is InChI=1S/C24H28N4O2/c1-17(2)20-11-8-19(9-12-20)10-13-23(29)26-21-6-4-7-22(16-21)27-24(30)18(3)28-15-5-14-25-28/h4-9,11-12,14-18H,10,13H2,1-3H3,(H,26,29)(H,27,30)/t18-/m0/s1. The number of aromatic nitrogens is 2. The summed E-state index contributed by atoms with van der Waals surface area (Å²) in [5.74, 6) is 0.265. The van der Waals surface area contributed by atoms with Crippen molar-refractivity contribution >= 4 is 23.2 Å². The molecule has 0 saturated heterocycles. The smallest absolute Gasteiger partial charge is 0.248 e. The third kappa shape index (κ3) is 5.80. The van der Waals surface area contributed by atoms with Gasteiger partial charge < -0.3 is 10.6 Å². The molecule has 2 N–H and O–H groups in total. The van der Waals surface area contributed by atoms with Gasteiger partial charge in [0.15, 0.2) is 0 Å². The minimum Gasteiger partial charge on any atom is -0.326 e. The van der Waals surface area contributed by atoms with Crippen molar-refractivity contribution in [2.75, 3.05) is 10.6 Å². The Hall–Kier alpha value is -3.41. The van der Waals surface area contributed by atoms with Crippen LogP contribution in [0.15, 0.2) is 67.0 Å². The summed E-state index contributed by atoms with van der Waals surface area (Å²) in [4.78, 5) is 24.8. The van der Waals surface area contributed by atoms with Gasteiger partial charge in [-0.05, 0) is 54.7 Å². The Kier molecular flexibility index (Phi) is 7.01. The van der Waals surface area contributed by atoms with E-state index < -0.39 is 6.04 Å². The van der Waals surface area contributed by atoms with Gasteiger partial charge in [-0.15, -0.1) is 0 Å². The molecule has 3 rings (SSSR count). The monoisotopic (exact) mass is 404 g/mol. The van der Waals surface area contributed by atoms with Crippen LogP contribution in [0.5, 0.6) is 0 Å². The molecule has 30 heavy (non-hydrogen) atoms. The number of carbonyl (C=O) groups is 2. The Bertz CT molecular complexity index is 979. The van der Waals surface area contributed by atoms with Gasteiger partial charge in [0.05, 0.1) is 0 Å². The number of rotatable bonds is 8. The summed E-state index contributed by atoms with van der Waals surface area (Å²) in [5.41, 5.74) is 3.72. The lowest BCUT2D eigenvalue weighted by atomic mass is 10.0. The Morgan fingerprint density at radius 1 is 0.967 bits per heavy atom. The predicted octanol–water partition coefficient (Wildman–Crippen LogP) is 4.78. The van der Waals surface area contributed by atoms with Gasteiger partial charge in [0.25, 0.3) is 0 Å². The van der Waals surface area contributed by atoms with E-state index in [1.54, 1.807) is 48.3 Å². The molecule has 2 aromatic carbocycles. The number of hydrogen-bond acceptors (Lipinski definition) is 3. The summed E-state index contributed by atoms with van der Waals surface area (Å²) in [6.45, 7) is 6.11. The van der Waals surface area contributed by atoms with Crippen LogP contribution in [0.4, 0.5) is 11.4 Å². The first-order chi connectivity index (χ1) is 14.4. The number of nitrogens with zero attached hydrogens (tertiary/aromatic N) is 2.